The van der Waals surface area contributed by atoms with E-state index in [1.807, 2.05) is 6.07 Å². The summed E-state index contributed by atoms with van der Waals surface area (Å²) in [4.78, 5) is 21.8. The number of amides is 1. The zero-order valence-electron chi connectivity index (χ0n) is 13.8. The lowest BCUT2D eigenvalue weighted by atomic mass is 10.1. The SMILES string of the molecule is Cc1ccc(Cc2cnc(NC(=O)c3cnn4cccnc34)s2)cc1F. The third kappa shape index (κ3) is 3.18. The van der Waals surface area contributed by atoms with Gasteiger partial charge in [0.1, 0.15) is 11.4 Å². The summed E-state index contributed by atoms with van der Waals surface area (Å²) < 4.78 is 15.2. The van der Waals surface area contributed by atoms with Crippen LogP contribution in [0.15, 0.2) is 49.1 Å². The number of carbonyl (C=O) groups is 1. The minimum atomic E-state index is -0.319. The average molecular weight is 367 g/mol. The summed E-state index contributed by atoms with van der Waals surface area (Å²) in [5, 5.41) is 7.34. The molecule has 0 aliphatic heterocycles. The number of aromatic nitrogens is 4. The van der Waals surface area contributed by atoms with Crippen LogP contribution in [-0.4, -0.2) is 25.5 Å². The van der Waals surface area contributed by atoms with Crippen LogP contribution in [0.25, 0.3) is 5.65 Å². The fraction of sp³-hybridized carbons (Fsp3) is 0.111. The summed E-state index contributed by atoms with van der Waals surface area (Å²) in [5.41, 5.74) is 2.34. The van der Waals surface area contributed by atoms with Gasteiger partial charge in [0.25, 0.3) is 5.91 Å². The molecule has 1 N–H and O–H groups in total. The van der Waals surface area contributed by atoms with Gasteiger partial charge in [-0.05, 0) is 30.2 Å². The van der Waals surface area contributed by atoms with Gasteiger partial charge in [-0.15, -0.1) is 11.3 Å². The largest absolute Gasteiger partial charge is 0.298 e. The zero-order chi connectivity index (χ0) is 18.1. The Morgan fingerprint density at radius 2 is 2.19 bits per heavy atom. The fourth-order valence-corrected chi connectivity index (χ4v) is 3.39. The van der Waals surface area contributed by atoms with Crippen molar-refractivity contribution in [3.05, 3.63) is 76.4 Å². The molecule has 0 aliphatic rings. The standard InChI is InChI=1S/C18H14FN5OS/c1-11-3-4-12(8-15(11)19)7-13-9-21-18(26-13)23-17(25)14-10-22-24-6-2-5-20-16(14)24/h2-6,8-10H,7H2,1H3,(H,21,23,25). The van der Waals surface area contributed by atoms with Crippen molar-refractivity contribution >= 4 is 28.0 Å². The van der Waals surface area contributed by atoms with E-state index in [9.17, 15) is 9.18 Å². The van der Waals surface area contributed by atoms with E-state index in [0.29, 0.717) is 28.3 Å². The van der Waals surface area contributed by atoms with E-state index >= 15 is 0 Å². The van der Waals surface area contributed by atoms with Crippen molar-refractivity contribution < 1.29 is 9.18 Å². The molecule has 26 heavy (non-hydrogen) atoms. The first-order chi connectivity index (χ1) is 12.6. The molecule has 6 nitrogen and oxygen atoms in total. The molecule has 0 atom stereocenters. The molecular weight excluding hydrogens is 353 g/mol. The lowest BCUT2D eigenvalue weighted by Crippen LogP contribution is -2.11. The van der Waals surface area contributed by atoms with Gasteiger partial charge < -0.3 is 0 Å². The van der Waals surface area contributed by atoms with Crippen molar-refractivity contribution in [1.29, 1.82) is 0 Å². The number of hydrogen-bond donors (Lipinski definition) is 1. The second-order valence-corrected chi connectivity index (χ2v) is 6.91. The van der Waals surface area contributed by atoms with Gasteiger partial charge in [0.15, 0.2) is 10.8 Å². The van der Waals surface area contributed by atoms with Gasteiger partial charge in [0.2, 0.25) is 0 Å². The van der Waals surface area contributed by atoms with E-state index in [4.69, 9.17) is 0 Å². The monoisotopic (exact) mass is 367 g/mol. The fourth-order valence-electron chi connectivity index (χ4n) is 2.55. The average Bonchev–Trinajstić information content (AvgIpc) is 3.25. The highest BCUT2D eigenvalue weighted by Gasteiger charge is 2.15. The number of carbonyl (C=O) groups excluding carboxylic acids is 1. The maximum Gasteiger partial charge on any atom is 0.262 e. The molecule has 4 rings (SSSR count). The van der Waals surface area contributed by atoms with Crippen LogP contribution in [0.3, 0.4) is 0 Å². The first-order valence-electron chi connectivity index (χ1n) is 7.89. The van der Waals surface area contributed by atoms with Crippen molar-refractivity contribution in [2.45, 2.75) is 13.3 Å². The second kappa shape index (κ2) is 6.64. The zero-order valence-corrected chi connectivity index (χ0v) is 14.6. The number of hydrogen-bond acceptors (Lipinski definition) is 5. The van der Waals surface area contributed by atoms with Gasteiger partial charge in [0.05, 0.1) is 6.20 Å². The smallest absolute Gasteiger partial charge is 0.262 e. The minimum absolute atomic E-state index is 0.221. The van der Waals surface area contributed by atoms with Gasteiger partial charge in [-0.25, -0.2) is 18.9 Å². The van der Waals surface area contributed by atoms with Gasteiger partial charge in [0, 0.05) is 29.9 Å². The molecule has 0 saturated carbocycles. The molecule has 130 valence electrons. The van der Waals surface area contributed by atoms with Crippen molar-refractivity contribution in [2.24, 2.45) is 0 Å². The van der Waals surface area contributed by atoms with E-state index in [-0.39, 0.29) is 11.7 Å². The predicted octanol–water partition coefficient (Wildman–Crippen LogP) is 3.48. The molecule has 0 saturated heterocycles. The molecule has 8 heteroatoms. The Bertz CT molecular complexity index is 1100. The number of aryl methyl sites for hydroxylation is 1. The summed E-state index contributed by atoms with van der Waals surface area (Å²) in [6.45, 7) is 1.73. The molecule has 0 aliphatic carbocycles. The number of rotatable bonds is 4. The third-order valence-corrected chi connectivity index (χ3v) is 4.83. The summed E-state index contributed by atoms with van der Waals surface area (Å²) in [5.74, 6) is -0.540. The van der Waals surface area contributed by atoms with Crippen LogP contribution in [-0.2, 0) is 6.42 Å². The van der Waals surface area contributed by atoms with Crippen LogP contribution < -0.4 is 5.32 Å². The van der Waals surface area contributed by atoms with E-state index < -0.39 is 0 Å². The molecule has 1 amide bonds. The maximum absolute atomic E-state index is 13.7. The maximum atomic E-state index is 13.7. The van der Waals surface area contributed by atoms with E-state index in [1.165, 1.54) is 28.1 Å². The summed E-state index contributed by atoms with van der Waals surface area (Å²) in [7, 11) is 0. The topological polar surface area (TPSA) is 72.2 Å². The number of nitrogens with zero attached hydrogens (tertiary/aromatic N) is 4. The van der Waals surface area contributed by atoms with E-state index in [0.717, 1.165) is 10.4 Å². The van der Waals surface area contributed by atoms with Crippen LogP contribution >= 0.6 is 11.3 Å². The van der Waals surface area contributed by atoms with Gasteiger partial charge >= 0.3 is 0 Å². The molecule has 0 radical (unpaired) electrons. The number of halogens is 1. The van der Waals surface area contributed by atoms with Crippen molar-refractivity contribution in [3.8, 4) is 0 Å². The van der Waals surface area contributed by atoms with E-state index in [1.54, 1.807) is 37.6 Å². The van der Waals surface area contributed by atoms with Crippen LogP contribution in [0.5, 0.6) is 0 Å². The van der Waals surface area contributed by atoms with E-state index in [2.05, 4.69) is 20.4 Å². The molecule has 1 aromatic carbocycles. The van der Waals surface area contributed by atoms with Crippen molar-refractivity contribution in [2.75, 3.05) is 5.32 Å². The minimum Gasteiger partial charge on any atom is -0.298 e. The number of anilines is 1. The highest BCUT2D eigenvalue weighted by molar-refractivity contribution is 7.15. The molecule has 0 spiro atoms. The number of nitrogens with one attached hydrogen (secondary N) is 1. The van der Waals surface area contributed by atoms with Crippen molar-refractivity contribution in [1.82, 2.24) is 19.6 Å². The third-order valence-electron chi connectivity index (χ3n) is 3.91. The summed E-state index contributed by atoms with van der Waals surface area (Å²) in [6, 6.07) is 6.91. The first kappa shape index (κ1) is 16.3. The summed E-state index contributed by atoms with van der Waals surface area (Å²) >= 11 is 1.36. The molecule has 0 bridgehead atoms. The van der Waals surface area contributed by atoms with Crippen molar-refractivity contribution in [3.63, 3.8) is 0 Å². The predicted molar refractivity (Wildman–Crippen MR) is 97.0 cm³/mol. The molecule has 3 aromatic heterocycles. The molecule has 0 unspecified atom stereocenters. The van der Waals surface area contributed by atoms with Crippen LogP contribution in [0, 0.1) is 12.7 Å². The Labute approximate surface area is 152 Å². The molecule has 4 aromatic rings. The quantitative estimate of drug-likeness (QED) is 0.599. The number of benzene rings is 1. The Morgan fingerprint density at radius 3 is 3.04 bits per heavy atom. The molecular formula is C18H14FN5OS. The Morgan fingerprint density at radius 1 is 1.31 bits per heavy atom. The Balaban J connectivity index is 1.49. The van der Waals surface area contributed by atoms with Gasteiger partial charge in [-0.1, -0.05) is 12.1 Å². The number of fused-ring (bicyclic) bond motifs is 1. The van der Waals surface area contributed by atoms with Crippen LogP contribution in [0.4, 0.5) is 9.52 Å². The lowest BCUT2D eigenvalue weighted by molar-refractivity contribution is 0.102. The van der Waals surface area contributed by atoms with Crippen LogP contribution in [0.2, 0.25) is 0 Å². The van der Waals surface area contributed by atoms with Gasteiger partial charge in [-0.2, -0.15) is 5.10 Å². The van der Waals surface area contributed by atoms with Crippen LogP contribution in [0.1, 0.15) is 26.4 Å². The second-order valence-electron chi connectivity index (χ2n) is 5.79. The Kier molecular flexibility index (Phi) is 4.18. The molecule has 0 fully saturated rings. The summed E-state index contributed by atoms with van der Waals surface area (Å²) in [6.07, 6.45) is 7.05. The highest BCUT2D eigenvalue weighted by Crippen LogP contribution is 2.23. The lowest BCUT2D eigenvalue weighted by Gasteiger charge is -2.01. The van der Waals surface area contributed by atoms with Gasteiger partial charge in [-0.3, -0.25) is 10.1 Å². The Hall–Kier alpha value is -3.13. The first-order valence-corrected chi connectivity index (χ1v) is 8.71. The normalized spacial score (nSPS) is 11.0. The number of thiazole rings is 1. The highest BCUT2D eigenvalue weighted by atomic mass is 32.1. The molecule has 3 heterocycles.